The van der Waals surface area contributed by atoms with Crippen molar-refractivity contribution >= 4 is 22.7 Å². The number of nitrogens with zero attached hydrogens (tertiary/aromatic N) is 2. The SMILES string of the molecule is Cc1cc(SCC#N)c2ccc(C)c(C)c2n1. The van der Waals surface area contributed by atoms with Gasteiger partial charge in [-0.1, -0.05) is 12.1 Å². The molecular formula is C14H14N2S. The first-order valence-corrected chi connectivity index (χ1v) is 6.49. The number of fused-ring (bicyclic) bond motifs is 1. The summed E-state index contributed by atoms with van der Waals surface area (Å²) in [5.74, 6) is 0.478. The van der Waals surface area contributed by atoms with E-state index in [1.54, 1.807) is 11.8 Å². The average molecular weight is 242 g/mol. The van der Waals surface area contributed by atoms with Gasteiger partial charge in [-0.3, -0.25) is 4.98 Å². The van der Waals surface area contributed by atoms with Gasteiger partial charge in [0.1, 0.15) is 0 Å². The number of hydrogen-bond donors (Lipinski definition) is 0. The first kappa shape index (κ1) is 11.9. The van der Waals surface area contributed by atoms with E-state index in [1.807, 2.05) is 6.92 Å². The van der Waals surface area contributed by atoms with Gasteiger partial charge in [-0.2, -0.15) is 5.26 Å². The molecule has 0 amide bonds. The van der Waals surface area contributed by atoms with Gasteiger partial charge in [-0.05, 0) is 38.0 Å². The molecule has 2 rings (SSSR count). The van der Waals surface area contributed by atoms with Gasteiger partial charge in [-0.25, -0.2) is 0 Å². The van der Waals surface area contributed by atoms with Gasteiger partial charge < -0.3 is 0 Å². The van der Waals surface area contributed by atoms with E-state index in [9.17, 15) is 0 Å². The maximum atomic E-state index is 8.68. The van der Waals surface area contributed by atoms with E-state index in [4.69, 9.17) is 5.26 Å². The fourth-order valence-corrected chi connectivity index (χ4v) is 2.64. The number of benzene rings is 1. The Morgan fingerprint density at radius 1 is 1.29 bits per heavy atom. The summed E-state index contributed by atoms with van der Waals surface area (Å²) < 4.78 is 0. The van der Waals surface area contributed by atoms with Crippen LogP contribution in [-0.4, -0.2) is 10.7 Å². The Morgan fingerprint density at radius 3 is 2.76 bits per heavy atom. The molecule has 2 nitrogen and oxygen atoms in total. The third-order valence-electron chi connectivity index (χ3n) is 2.89. The number of aryl methyl sites for hydroxylation is 3. The lowest BCUT2D eigenvalue weighted by Crippen LogP contribution is -1.92. The molecule has 0 N–H and O–H groups in total. The number of hydrogen-bond acceptors (Lipinski definition) is 3. The van der Waals surface area contributed by atoms with Crippen LogP contribution in [0.3, 0.4) is 0 Å². The summed E-state index contributed by atoms with van der Waals surface area (Å²) in [6.45, 7) is 6.20. The van der Waals surface area contributed by atoms with Gasteiger partial charge in [0.2, 0.25) is 0 Å². The Bertz CT molecular complexity index is 612. The minimum Gasteiger partial charge on any atom is -0.253 e. The molecule has 0 saturated carbocycles. The first-order chi connectivity index (χ1) is 8.13. The summed E-state index contributed by atoms with van der Waals surface area (Å²) in [6.07, 6.45) is 0. The van der Waals surface area contributed by atoms with E-state index in [0.717, 1.165) is 21.5 Å². The van der Waals surface area contributed by atoms with Crippen LogP contribution in [0.2, 0.25) is 0 Å². The lowest BCUT2D eigenvalue weighted by atomic mass is 10.1. The number of aromatic nitrogens is 1. The number of pyridine rings is 1. The van der Waals surface area contributed by atoms with Gasteiger partial charge in [0, 0.05) is 16.0 Å². The van der Waals surface area contributed by atoms with Crippen molar-refractivity contribution in [1.29, 1.82) is 5.26 Å². The zero-order valence-corrected chi connectivity index (χ0v) is 11.1. The normalized spacial score (nSPS) is 10.5. The van der Waals surface area contributed by atoms with Crippen LogP contribution in [0.15, 0.2) is 23.1 Å². The van der Waals surface area contributed by atoms with Crippen molar-refractivity contribution in [2.75, 3.05) is 5.75 Å². The van der Waals surface area contributed by atoms with Crippen molar-refractivity contribution in [3.8, 4) is 6.07 Å². The van der Waals surface area contributed by atoms with Crippen LogP contribution < -0.4 is 0 Å². The number of nitriles is 1. The monoisotopic (exact) mass is 242 g/mol. The molecule has 0 unspecified atom stereocenters. The lowest BCUT2D eigenvalue weighted by Gasteiger charge is -2.09. The smallest absolute Gasteiger partial charge is 0.0855 e. The Kier molecular flexibility index (Phi) is 3.35. The molecule has 0 saturated heterocycles. The standard InChI is InChI=1S/C14H14N2S/c1-9-4-5-12-13(17-7-6-15)8-10(2)16-14(12)11(9)3/h4-5,8H,7H2,1-3H3. The summed E-state index contributed by atoms with van der Waals surface area (Å²) >= 11 is 1.58. The molecule has 0 aliphatic rings. The molecule has 0 spiro atoms. The highest BCUT2D eigenvalue weighted by molar-refractivity contribution is 7.99. The number of rotatable bonds is 2. The quantitative estimate of drug-likeness (QED) is 0.752. The average Bonchev–Trinajstić information content (AvgIpc) is 2.31. The fourth-order valence-electron chi connectivity index (χ4n) is 1.85. The van der Waals surface area contributed by atoms with Gasteiger partial charge in [0.25, 0.3) is 0 Å². The highest BCUT2D eigenvalue weighted by Gasteiger charge is 2.08. The zero-order chi connectivity index (χ0) is 12.4. The van der Waals surface area contributed by atoms with Crippen molar-refractivity contribution < 1.29 is 0 Å². The van der Waals surface area contributed by atoms with Crippen LogP contribution >= 0.6 is 11.8 Å². The lowest BCUT2D eigenvalue weighted by molar-refractivity contribution is 1.20. The van der Waals surface area contributed by atoms with Crippen molar-refractivity contribution in [3.05, 3.63) is 35.0 Å². The third-order valence-corrected chi connectivity index (χ3v) is 3.81. The highest BCUT2D eigenvalue weighted by Crippen LogP contribution is 2.30. The first-order valence-electron chi connectivity index (χ1n) is 5.51. The van der Waals surface area contributed by atoms with E-state index in [0.29, 0.717) is 5.75 Å². The van der Waals surface area contributed by atoms with E-state index in [-0.39, 0.29) is 0 Å². The summed E-state index contributed by atoms with van der Waals surface area (Å²) in [6, 6.07) is 8.44. The summed E-state index contributed by atoms with van der Waals surface area (Å²) in [5.41, 5.74) is 4.55. The van der Waals surface area contributed by atoms with E-state index < -0.39 is 0 Å². The predicted molar refractivity (Wildman–Crippen MR) is 72.3 cm³/mol. The van der Waals surface area contributed by atoms with Gasteiger partial charge in [0.15, 0.2) is 0 Å². The molecule has 3 heteroatoms. The molecule has 0 radical (unpaired) electrons. The molecule has 86 valence electrons. The highest BCUT2D eigenvalue weighted by atomic mass is 32.2. The zero-order valence-electron chi connectivity index (χ0n) is 10.2. The maximum Gasteiger partial charge on any atom is 0.0855 e. The Morgan fingerprint density at radius 2 is 2.06 bits per heavy atom. The fraction of sp³-hybridized carbons (Fsp3) is 0.286. The molecule has 0 aliphatic heterocycles. The van der Waals surface area contributed by atoms with Crippen LogP contribution in [0.5, 0.6) is 0 Å². The second-order valence-electron chi connectivity index (χ2n) is 4.11. The van der Waals surface area contributed by atoms with Crippen LogP contribution in [0.25, 0.3) is 10.9 Å². The van der Waals surface area contributed by atoms with Crippen LogP contribution in [0, 0.1) is 32.1 Å². The van der Waals surface area contributed by atoms with E-state index >= 15 is 0 Å². The molecular weight excluding hydrogens is 228 g/mol. The molecule has 0 atom stereocenters. The van der Waals surface area contributed by atoms with E-state index in [1.165, 1.54) is 11.1 Å². The molecule has 2 aromatic rings. The van der Waals surface area contributed by atoms with Crippen LogP contribution in [0.4, 0.5) is 0 Å². The van der Waals surface area contributed by atoms with Crippen molar-refractivity contribution in [1.82, 2.24) is 4.98 Å². The van der Waals surface area contributed by atoms with Crippen molar-refractivity contribution in [2.24, 2.45) is 0 Å². The van der Waals surface area contributed by atoms with Gasteiger partial charge >= 0.3 is 0 Å². The van der Waals surface area contributed by atoms with Crippen LogP contribution in [-0.2, 0) is 0 Å². The minimum absolute atomic E-state index is 0.478. The number of thioether (sulfide) groups is 1. The summed E-state index contributed by atoms with van der Waals surface area (Å²) in [4.78, 5) is 5.76. The van der Waals surface area contributed by atoms with Gasteiger partial charge in [-0.15, -0.1) is 11.8 Å². The molecule has 1 heterocycles. The molecule has 1 aromatic carbocycles. The Hall–Kier alpha value is -1.53. The molecule has 0 aliphatic carbocycles. The summed E-state index contributed by atoms with van der Waals surface area (Å²) in [5, 5.41) is 9.83. The van der Waals surface area contributed by atoms with Gasteiger partial charge in [0.05, 0.1) is 17.3 Å². The molecule has 0 bridgehead atoms. The van der Waals surface area contributed by atoms with Crippen LogP contribution in [0.1, 0.15) is 16.8 Å². The predicted octanol–water partition coefficient (Wildman–Crippen LogP) is 3.78. The Labute approximate surface area is 106 Å². The Balaban J connectivity index is 2.69. The van der Waals surface area contributed by atoms with E-state index in [2.05, 4.69) is 43.1 Å². The van der Waals surface area contributed by atoms with Crippen molar-refractivity contribution in [3.63, 3.8) is 0 Å². The molecule has 17 heavy (non-hydrogen) atoms. The second kappa shape index (κ2) is 4.77. The second-order valence-corrected chi connectivity index (χ2v) is 5.13. The van der Waals surface area contributed by atoms with Crippen molar-refractivity contribution in [2.45, 2.75) is 25.7 Å². The maximum absolute atomic E-state index is 8.68. The molecule has 0 fully saturated rings. The largest absolute Gasteiger partial charge is 0.253 e. The minimum atomic E-state index is 0.478. The summed E-state index contributed by atoms with van der Waals surface area (Å²) in [7, 11) is 0. The topological polar surface area (TPSA) is 36.7 Å². The molecule has 1 aromatic heterocycles. The third kappa shape index (κ3) is 2.27.